The molecule has 2 aliphatic rings. The van der Waals surface area contributed by atoms with Gasteiger partial charge in [-0.05, 0) is 49.1 Å². The van der Waals surface area contributed by atoms with E-state index in [2.05, 4.69) is 10.2 Å². The molecule has 2 aromatic carbocycles. The minimum absolute atomic E-state index is 0.0882. The zero-order valence-corrected chi connectivity index (χ0v) is 16.1. The summed E-state index contributed by atoms with van der Waals surface area (Å²) in [4.78, 5) is 26.1. The summed E-state index contributed by atoms with van der Waals surface area (Å²) in [6.07, 6.45) is 4.01. The Hall–Kier alpha value is -2.60. The first-order chi connectivity index (χ1) is 13.5. The summed E-state index contributed by atoms with van der Waals surface area (Å²) in [7, 11) is 1.63. The lowest BCUT2D eigenvalue weighted by Gasteiger charge is -2.42. The van der Waals surface area contributed by atoms with Crippen LogP contribution in [0.3, 0.4) is 0 Å². The van der Waals surface area contributed by atoms with Crippen LogP contribution in [0, 0.1) is 5.92 Å². The molecule has 2 aliphatic carbocycles. The maximum atomic E-state index is 12.8. The van der Waals surface area contributed by atoms with Crippen molar-refractivity contribution in [3.05, 3.63) is 42.0 Å². The summed E-state index contributed by atoms with van der Waals surface area (Å²) in [6.45, 7) is 0.950. The van der Waals surface area contributed by atoms with E-state index < -0.39 is 5.97 Å². The lowest BCUT2D eigenvalue weighted by atomic mass is 9.85. The van der Waals surface area contributed by atoms with E-state index in [0.717, 1.165) is 35.9 Å². The van der Waals surface area contributed by atoms with Crippen molar-refractivity contribution < 1.29 is 19.4 Å². The molecule has 0 atom stereocenters. The number of amides is 1. The van der Waals surface area contributed by atoms with E-state index >= 15 is 0 Å². The number of aliphatic carboxylic acids is 1. The van der Waals surface area contributed by atoms with Crippen molar-refractivity contribution in [2.45, 2.75) is 37.8 Å². The van der Waals surface area contributed by atoms with Crippen molar-refractivity contribution in [1.82, 2.24) is 10.2 Å². The monoisotopic (exact) mass is 382 g/mol. The predicted octanol–water partition coefficient (Wildman–Crippen LogP) is 2.91. The van der Waals surface area contributed by atoms with Gasteiger partial charge >= 0.3 is 5.97 Å². The highest BCUT2D eigenvalue weighted by molar-refractivity contribution is 6.08. The number of ether oxygens (including phenoxy) is 1. The quantitative estimate of drug-likeness (QED) is 0.734. The number of nitrogens with zero attached hydrogens (tertiary/aromatic N) is 1. The molecule has 0 unspecified atom stereocenters. The van der Waals surface area contributed by atoms with Crippen LogP contribution < -0.4 is 10.1 Å². The number of methoxy groups -OCH3 is 1. The molecule has 0 aliphatic heterocycles. The van der Waals surface area contributed by atoms with Gasteiger partial charge in [0.1, 0.15) is 5.75 Å². The topological polar surface area (TPSA) is 78.9 Å². The molecule has 2 fully saturated rings. The molecule has 0 heterocycles. The molecule has 148 valence electrons. The fourth-order valence-electron chi connectivity index (χ4n) is 4.06. The maximum Gasteiger partial charge on any atom is 0.317 e. The molecular formula is C22H26N2O4. The van der Waals surface area contributed by atoms with Crippen molar-refractivity contribution in [1.29, 1.82) is 0 Å². The highest BCUT2D eigenvalue weighted by Crippen LogP contribution is 2.34. The van der Waals surface area contributed by atoms with E-state index in [1.807, 2.05) is 30.3 Å². The smallest absolute Gasteiger partial charge is 0.317 e. The van der Waals surface area contributed by atoms with Crippen LogP contribution in [0.4, 0.5) is 0 Å². The third-order valence-electron chi connectivity index (χ3n) is 5.84. The maximum absolute atomic E-state index is 12.8. The minimum Gasteiger partial charge on any atom is -0.496 e. The number of carboxylic acid groups (broad SMARTS) is 1. The van der Waals surface area contributed by atoms with Gasteiger partial charge in [0, 0.05) is 29.6 Å². The molecule has 0 aromatic heterocycles. The molecular weight excluding hydrogens is 356 g/mol. The third-order valence-corrected chi connectivity index (χ3v) is 5.84. The van der Waals surface area contributed by atoms with Crippen molar-refractivity contribution in [2.24, 2.45) is 5.92 Å². The number of nitrogens with one attached hydrogen (secondary N) is 1. The number of fused-ring (bicyclic) bond motifs is 1. The first kappa shape index (κ1) is 18.7. The van der Waals surface area contributed by atoms with Gasteiger partial charge in [0.05, 0.1) is 13.7 Å². The highest BCUT2D eigenvalue weighted by atomic mass is 16.5. The Kier molecular flexibility index (Phi) is 5.22. The van der Waals surface area contributed by atoms with Gasteiger partial charge in [-0.1, -0.05) is 24.3 Å². The predicted molar refractivity (Wildman–Crippen MR) is 107 cm³/mol. The molecule has 1 amide bonds. The largest absolute Gasteiger partial charge is 0.496 e. The Bertz CT molecular complexity index is 887. The summed E-state index contributed by atoms with van der Waals surface area (Å²) in [5.41, 5.74) is 0.639. The van der Waals surface area contributed by atoms with Crippen LogP contribution in [0.2, 0.25) is 0 Å². The number of carbonyl (C=O) groups is 2. The molecule has 6 heteroatoms. The van der Waals surface area contributed by atoms with Gasteiger partial charge in [-0.2, -0.15) is 0 Å². The summed E-state index contributed by atoms with van der Waals surface area (Å²) in [6, 6.07) is 11.7. The van der Waals surface area contributed by atoms with Crippen LogP contribution in [0.15, 0.2) is 36.4 Å². The van der Waals surface area contributed by atoms with Crippen molar-refractivity contribution >= 4 is 22.6 Å². The summed E-state index contributed by atoms with van der Waals surface area (Å²) < 4.78 is 5.40. The molecule has 6 nitrogen and oxygen atoms in total. The van der Waals surface area contributed by atoms with Crippen molar-refractivity contribution in [2.75, 3.05) is 20.2 Å². The zero-order valence-electron chi connectivity index (χ0n) is 16.1. The Labute approximate surface area is 164 Å². The standard InChI is InChI=1S/C22H26N2O4/c1-28-20-9-8-19(17-4-2-3-5-18(17)20)22(27)23-15-10-16(11-15)24(13-21(25)26)12-14-6-7-14/h2-5,8-9,14-16H,6-7,10-13H2,1H3,(H,23,27)(H,25,26). The SMILES string of the molecule is COc1ccc(C(=O)NC2CC(N(CC(=O)O)CC3CC3)C2)c2ccccc12. The van der Waals surface area contributed by atoms with Crippen molar-refractivity contribution in [3.63, 3.8) is 0 Å². The van der Waals surface area contributed by atoms with Crippen LogP contribution in [-0.4, -0.2) is 54.2 Å². The van der Waals surface area contributed by atoms with E-state index in [0.29, 0.717) is 11.5 Å². The van der Waals surface area contributed by atoms with Gasteiger partial charge < -0.3 is 15.2 Å². The molecule has 28 heavy (non-hydrogen) atoms. The van der Waals surface area contributed by atoms with E-state index in [4.69, 9.17) is 9.84 Å². The molecule has 2 N–H and O–H groups in total. The second-order valence-corrected chi connectivity index (χ2v) is 7.92. The van der Waals surface area contributed by atoms with Crippen LogP contribution in [0.5, 0.6) is 5.75 Å². The molecule has 0 bridgehead atoms. The van der Waals surface area contributed by atoms with Gasteiger partial charge in [0.15, 0.2) is 0 Å². The number of benzene rings is 2. The minimum atomic E-state index is -0.780. The number of hydrogen-bond acceptors (Lipinski definition) is 4. The first-order valence-corrected chi connectivity index (χ1v) is 9.87. The van der Waals surface area contributed by atoms with Gasteiger partial charge in [-0.3, -0.25) is 14.5 Å². The Morgan fingerprint density at radius 2 is 1.86 bits per heavy atom. The molecule has 0 saturated heterocycles. The molecule has 0 radical (unpaired) electrons. The third kappa shape index (κ3) is 3.97. The average molecular weight is 382 g/mol. The number of hydrogen-bond donors (Lipinski definition) is 2. The van der Waals surface area contributed by atoms with E-state index in [-0.39, 0.29) is 24.5 Å². The van der Waals surface area contributed by atoms with E-state index in [1.165, 1.54) is 12.8 Å². The molecule has 4 rings (SSSR count). The second-order valence-electron chi connectivity index (χ2n) is 7.92. The second kappa shape index (κ2) is 7.80. The van der Waals surface area contributed by atoms with Gasteiger partial charge in [-0.15, -0.1) is 0 Å². The highest BCUT2D eigenvalue weighted by Gasteiger charge is 2.37. The van der Waals surface area contributed by atoms with Crippen LogP contribution in [0.25, 0.3) is 10.8 Å². The number of rotatable bonds is 8. The summed E-state index contributed by atoms with van der Waals surface area (Å²) >= 11 is 0. The van der Waals surface area contributed by atoms with Gasteiger partial charge in [0.2, 0.25) is 0 Å². The fraction of sp³-hybridized carbons (Fsp3) is 0.455. The number of carbonyl (C=O) groups excluding carboxylic acids is 1. The van der Waals surface area contributed by atoms with Crippen LogP contribution >= 0.6 is 0 Å². The average Bonchev–Trinajstić information content (AvgIpc) is 3.46. The number of carboxylic acids is 1. The summed E-state index contributed by atoms with van der Waals surface area (Å²) in [5.74, 6) is 0.533. The Morgan fingerprint density at radius 3 is 2.50 bits per heavy atom. The van der Waals surface area contributed by atoms with E-state index in [1.54, 1.807) is 13.2 Å². The van der Waals surface area contributed by atoms with Crippen LogP contribution in [-0.2, 0) is 4.79 Å². The lowest BCUT2D eigenvalue weighted by molar-refractivity contribution is -0.139. The van der Waals surface area contributed by atoms with E-state index in [9.17, 15) is 9.59 Å². The Morgan fingerprint density at radius 1 is 1.14 bits per heavy atom. The fourth-order valence-corrected chi connectivity index (χ4v) is 4.06. The summed E-state index contributed by atoms with van der Waals surface area (Å²) in [5, 5.41) is 14.1. The first-order valence-electron chi connectivity index (χ1n) is 9.87. The van der Waals surface area contributed by atoms with Crippen LogP contribution in [0.1, 0.15) is 36.0 Å². The van der Waals surface area contributed by atoms with Gasteiger partial charge in [0.25, 0.3) is 5.91 Å². The lowest BCUT2D eigenvalue weighted by Crippen LogP contribution is -2.55. The normalized spacial score (nSPS) is 21.4. The molecule has 0 spiro atoms. The van der Waals surface area contributed by atoms with Gasteiger partial charge in [-0.25, -0.2) is 0 Å². The zero-order chi connectivity index (χ0) is 19.7. The van der Waals surface area contributed by atoms with Crippen molar-refractivity contribution in [3.8, 4) is 5.75 Å². The Balaban J connectivity index is 1.40. The molecule has 2 saturated carbocycles. The molecule has 2 aromatic rings.